The van der Waals surface area contributed by atoms with Gasteiger partial charge in [0.15, 0.2) is 0 Å². The van der Waals surface area contributed by atoms with E-state index in [1.165, 1.54) is 6.07 Å². The van der Waals surface area contributed by atoms with E-state index >= 15 is 0 Å². The Labute approximate surface area is 82.9 Å². The minimum atomic E-state index is -0.118. The average Bonchev–Trinajstić information content (AvgIpc) is 2.20. The second kappa shape index (κ2) is 4.07. The first-order valence-corrected chi connectivity index (χ1v) is 4.92. The molecule has 0 saturated heterocycles. The third-order valence-electron chi connectivity index (χ3n) is 2.60. The highest BCUT2D eigenvalue weighted by molar-refractivity contribution is 5.32. The van der Waals surface area contributed by atoms with Gasteiger partial charge in [0.25, 0.3) is 0 Å². The van der Waals surface area contributed by atoms with Gasteiger partial charge >= 0.3 is 0 Å². The van der Waals surface area contributed by atoms with Gasteiger partial charge in [0.1, 0.15) is 5.82 Å². The highest BCUT2D eigenvalue weighted by Crippen LogP contribution is 2.30. The molecule has 2 nitrogen and oxygen atoms in total. The van der Waals surface area contributed by atoms with Crippen LogP contribution in [-0.4, -0.2) is 13.2 Å². The van der Waals surface area contributed by atoms with E-state index in [0.717, 1.165) is 17.5 Å². The Morgan fingerprint density at radius 3 is 3.14 bits per heavy atom. The lowest BCUT2D eigenvalue weighted by Gasteiger charge is -2.25. The molecule has 0 saturated carbocycles. The molecule has 0 unspecified atom stereocenters. The van der Waals surface area contributed by atoms with Crippen molar-refractivity contribution in [3.8, 4) is 0 Å². The van der Waals surface area contributed by atoms with Crippen molar-refractivity contribution < 1.29 is 9.13 Å². The first kappa shape index (κ1) is 9.62. The molecule has 2 rings (SSSR count). The lowest BCUT2D eigenvalue weighted by molar-refractivity contribution is 0.0372. The van der Waals surface area contributed by atoms with E-state index < -0.39 is 0 Å². The number of halogens is 1. The van der Waals surface area contributed by atoms with Gasteiger partial charge in [-0.05, 0) is 36.6 Å². The van der Waals surface area contributed by atoms with Crippen LogP contribution in [0.5, 0.6) is 0 Å². The molecule has 0 spiro atoms. The smallest absolute Gasteiger partial charge is 0.126 e. The van der Waals surface area contributed by atoms with Crippen LogP contribution in [0.3, 0.4) is 0 Å². The number of benzene rings is 1. The van der Waals surface area contributed by atoms with Crippen LogP contribution in [0.1, 0.15) is 23.7 Å². The summed E-state index contributed by atoms with van der Waals surface area (Å²) < 4.78 is 19.0. The normalized spacial score (nSPS) is 20.6. The quantitative estimate of drug-likeness (QED) is 0.780. The lowest BCUT2D eigenvalue weighted by atomic mass is 9.95. The average molecular weight is 195 g/mol. The van der Waals surface area contributed by atoms with Gasteiger partial charge < -0.3 is 10.5 Å². The van der Waals surface area contributed by atoms with Crippen molar-refractivity contribution in [2.75, 3.05) is 13.2 Å². The number of nitrogens with two attached hydrogens (primary N) is 1. The maximum Gasteiger partial charge on any atom is 0.126 e. The van der Waals surface area contributed by atoms with E-state index in [1.807, 2.05) is 6.07 Å². The van der Waals surface area contributed by atoms with E-state index in [1.54, 1.807) is 6.07 Å². The van der Waals surface area contributed by atoms with E-state index in [2.05, 4.69) is 0 Å². The number of hydrogen-bond acceptors (Lipinski definition) is 2. The molecule has 3 heteroatoms. The van der Waals surface area contributed by atoms with Crippen LogP contribution in [0.2, 0.25) is 0 Å². The summed E-state index contributed by atoms with van der Waals surface area (Å²) in [5, 5.41) is 0. The minimum Gasteiger partial charge on any atom is -0.373 e. The molecule has 2 N–H and O–H groups in total. The van der Waals surface area contributed by atoms with Gasteiger partial charge in [-0.1, -0.05) is 12.1 Å². The third kappa shape index (κ3) is 1.65. The topological polar surface area (TPSA) is 35.2 Å². The Balaban J connectivity index is 2.34. The Morgan fingerprint density at radius 2 is 2.36 bits per heavy atom. The molecule has 0 bridgehead atoms. The van der Waals surface area contributed by atoms with Crippen LogP contribution in [-0.2, 0) is 11.2 Å². The predicted octanol–water partition coefficient (Wildman–Crippen LogP) is 1.79. The molecule has 1 atom stereocenters. The number of rotatable bonds is 2. The number of hydrogen-bond donors (Lipinski definition) is 1. The van der Waals surface area contributed by atoms with Gasteiger partial charge in [-0.3, -0.25) is 0 Å². The van der Waals surface area contributed by atoms with Gasteiger partial charge in [0, 0.05) is 0 Å². The number of ether oxygens (including phenoxy) is 1. The zero-order valence-electron chi connectivity index (χ0n) is 8.00. The molecule has 1 aliphatic rings. The molecule has 1 aromatic rings. The fourth-order valence-electron chi connectivity index (χ4n) is 1.92. The van der Waals surface area contributed by atoms with E-state index in [4.69, 9.17) is 10.5 Å². The summed E-state index contributed by atoms with van der Waals surface area (Å²) in [6.07, 6.45) is 1.42. The van der Waals surface area contributed by atoms with Crippen molar-refractivity contribution >= 4 is 0 Å². The summed E-state index contributed by atoms with van der Waals surface area (Å²) in [6.45, 7) is 1.17. The molecule has 0 radical (unpaired) electrons. The molecular formula is C11H14FNO. The maximum absolute atomic E-state index is 13.4. The summed E-state index contributed by atoms with van der Waals surface area (Å²) in [4.78, 5) is 0. The Morgan fingerprint density at radius 1 is 1.50 bits per heavy atom. The Kier molecular flexibility index (Phi) is 2.79. The first-order valence-electron chi connectivity index (χ1n) is 4.92. The van der Waals surface area contributed by atoms with Gasteiger partial charge in [-0.25, -0.2) is 4.39 Å². The van der Waals surface area contributed by atoms with E-state index in [0.29, 0.717) is 19.6 Å². The molecular weight excluding hydrogens is 181 g/mol. The summed E-state index contributed by atoms with van der Waals surface area (Å²) in [5.74, 6) is -0.118. The molecule has 0 aromatic heterocycles. The van der Waals surface area contributed by atoms with Gasteiger partial charge in [0.05, 0.1) is 12.7 Å². The molecule has 1 aliphatic heterocycles. The van der Waals surface area contributed by atoms with E-state index in [9.17, 15) is 4.39 Å². The van der Waals surface area contributed by atoms with Crippen LogP contribution in [0.4, 0.5) is 4.39 Å². The molecule has 0 amide bonds. The van der Waals surface area contributed by atoms with Crippen LogP contribution < -0.4 is 5.73 Å². The van der Waals surface area contributed by atoms with Crippen molar-refractivity contribution in [2.24, 2.45) is 5.73 Å². The lowest BCUT2D eigenvalue weighted by Crippen LogP contribution is -2.20. The van der Waals surface area contributed by atoms with Crippen molar-refractivity contribution in [3.05, 3.63) is 35.1 Å². The van der Waals surface area contributed by atoms with Crippen molar-refractivity contribution in [1.82, 2.24) is 0 Å². The summed E-state index contributed by atoms with van der Waals surface area (Å²) in [7, 11) is 0. The van der Waals surface area contributed by atoms with Crippen LogP contribution in [0.25, 0.3) is 0 Å². The molecule has 0 fully saturated rings. The zero-order chi connectivity index (χ0) is 9.97. The highest BCUT2D eigenvalue weighted by Gasteiger charge is 2.21. The Hall–Kier alpha value is -0.930. The summed E-state index contributed by atoms with van der Waals surface area (Å²) in [6, 6.07) is 5.16. The zero-order valence-corrected chi connectivity index (χ0v) is 8.00. The second-order valence-electron chi connectivity index (χ2n) is 3.49. The van der Waals surface area contributed by atoms with Crippen molar-refractivity contribution in [1.29, 1.82) is 0 Å². The maximum atomic E-state index is 13.4. The Bertz CT molecular complexity index is 327. The number of fused-ring (bicyclic) bond motifs is 1. The summed E-state index contributed by atoms with van der Waals surface area (Å²) in [5.41, 5.74) is 7.26. The fraction of sp³-hybridized carbons (Fsp3) is 0.455. The van der Waals surface area contributed by atoms with Crippen LogP contribution in [0.15, 0.2) is 18.2 Å². The summed E-state index contributed by atoms with van der Waals surface area (Å²) >= 11 is 0. The fourth-order valence-corrected chi connectivity index (χ4v) is 1.92. The minimum absolute atomic E-state index is 0.0144. The molecule has 76 valence electrons. The van der Waals surface area contributed by atoms with Gasteiger partial charge in [-0.15, -0.1) is 0 Å². The highest BCUT2D eigenvalue weighted by atomic mass is 19.1. The standard InChI is InChI=1S/C11H14FNO/c12-10-3-1-2-9-8(10)5-7-14-11(9)4-6-13/h1-3,11H,4-7,13H2/t11-/m0/s1. The van der Waals surface area contributed by atoms with Gasteiger partial charge in [0.2, 0.25) is 0 Å². The monoisotopic (exact) mass is 195 g/mol. The second-order valence-corrected chi connectivity index (χ2v) is 3.49. The predicted molar refractivity (Wildman–Crippen MR) is 52.5 cm³/mol. The SMILES string of the molecule is NCC[C@@H]1OCCc2c(F)cccc21. The largest absolute Gasteiger partial charge is 0.373 e. The molecule has 1 heterocycles. The van der Waals surface area contributed by atoms with Crippen LogP contribution >= 0.6 is 0 Å². The third-order valence-corrected chi connectivity index (χ3v) is 2.60. The van der Waals surface area contributed by atoms with Gasteiger partial charge in [-0.2, -0.15) is 0 Å². The molecule has 14 heavy (non-hydrogen) atoms. The first-order chi connectivity index (χ1) is 6.83. The van der Waals surface area contributed by atoms with Crippen molar-refractivity contribution in [3.63, 3.8) is 0 Å². The van der Waals surface area contributed by atoms with Crippen LogP contribution in [0, 0.1) is 5.82 Å². The molecule has 1 aromatic carbocycles. The molecule has 0 aliphatic carbocycles. The van der Waals surface area contributed by atoms with E-state index in [-0.39, 0.29) is 11.9 Å². The van der Waals surface area contributed by atoms with Crippen molar-refractivity contribution in [2.45, 2.75) is 18.9 Å².